The van der Waals surface area contributed by atoms with Gasteiger partial charge in [-0.3, -0.25) is 9.59 Å². The molecule has 1 saturated carbocycles. The quantitative estimate of drug-likeness (QED) is 0.766. The molecule has 19 heavy (non-hydrogen) atoms. The van der Waals surface area contributed by atoms with Crippen LogP contribution in [0.5, 0.6) is 0 Å². The second-order valence-corrected chi connectivity index (χ2v) is 5.41. The standard InChI is InChI=1S/C15H22N2O2/c1-2-3-7-11-17-12-8-13(18)16-15(14(17)19)9-5-4-6-10-15/h4-12H2,1H3,(H,16,18). The van der Waals surface area contributed by atoms with Crippen LogP contribution < -0.4 is 5.32 Å². The Morgan fingerprint density at radius 2 is 2.00 bits per heavy atom. The number of nitrogens with zero attached hydrogens (tertiary/aromatic N) is 1. The highest BCUT2D eigenvalue weighted by Crippen LogP contribution is 2.31. The molecule has 104 valence electrons. The van der Waals surface area contributed by atoms with Crippen LogP contribution in [0, 0.1) is 11.8 Å². The van der Waals surface area contributed by atoms with Crippen molar-refractivity contribution in [1.82, 2.24) is 10.2 Å². The van der Waals surface area contributed by atoms with Crippen LogP contribution in [0.3, 0.4) is 0 Å². The summed E-state index contributed by atoms with van der Waals surface area (Å²) in [5, 5.41) is 3.00. The van der Waals surface area contributed by atoms with Crippen molar-refractivity contribution in [2.24, 2.45) is 0 Å². The molecule has 4 nitrogen and oxygen atoms in total. The van der Waals surface area contributed by atoms with Gasteiger partial charge in [0.05, 0.1) is 0 Å². The number of nitrogens with one attached hydrogen (secondary N) is 1. The van der Waals surface area contributed by atoms with Gasteiger partial charge in [-0.25, -0.2) is 0 Å². The molecule has 2 aliphatic rings. The fourth-order valence-electron chi connectivity index (χ4n) is 3.05. The van der Waals surface area contributed by atoms with E-state index in [9.17, 15) is 9.59 Å². The Morgan fingerprint density at radius 3 is 2.68 bits per heavy atom. The van der Waals surface area contributed by atoms with E-state index < -0.39 is 5.54 Å². The van der Waals surface area contributed by atoms with Crippen LogP contribution in [0.2, 0.25) is 0 Å². The van der Waals surface area contributed by atoms with E-state index in [1.54, 1.807) is 6.92 Å². The number of amides is 2. The first-order chi connectivity index (χ1) is 9.18. The molecule has 0 aromatic heterocycles. The normalized spacial score (nSPS) is 22.5. The number of hydrogen-bond acceptors (Lipinski definition) is 2. The highest BCUT2D eigenvalue weighted by molar-refractivity contribution is 5.93. The van der Waals surface area contributed by atoms with E-state index in [0.29, 0.717) is 25.9 Å². The third-order valence-electron chi connectivity index (χ3n) is 4.07. The van der Waals surface area contributed by atoms with Crippen molar-refractivity contribution >= 4 is 11.8 Å². The fraction of sp³-hybridized carbons (Fsp3) is 0.733. The van der Waals surface area contributed by atoms with E-state index in [2.05, 4.69) is 17.2 Å². The Labute approximate surface area is 114 Å². The van der Waals surface area contributed by atoms with E-state index in [1.165, 1.54) is 0 Å². The molecule has 2 rings (SSSR count). The second-order valence-electron chi connectivity index (χ2n) is 5.41. The SMILES string of the molecule is CC#CCCN1CCC(=O)NC2(CCCCC2)C1=O. The van der Waals surface area contributed by atoms with E-state index in [-0.39, 0.29) is 11.8 Å². The van der Waals surface area contributed by atoms with Gasteiger partial charge in [-0.15, -0.1) is 11.8 Å². The molecule has 0 unspecified atom stereocenters. The first-order valence-corrected chi connectivity index (χ1v) is 7.18. The Bertz CT molecular complexity index is 414. The van der Waals surface area contributed by atoms with Crippen LogP contribution in [0.1, 0.15) is 51.9 Å². The molecule has 0 radical (unpaired) electrons. The summed E-state index contributed by atoms with van der Waals surface area (Å²) < 4.78 is 0. The topological polar surface area (TPSA) is 49.4 Å². The summed E-state index contributed by atoms with van der Waals surface area (Å²) in [6.45, 7) is 2.96. The molecule has 2 amide bonds. The molecule has 1 saturated heterocycles. The van der Waals surface area contributed by atoms with Crippen LogP contribution in [0.25, 0.3) is 0 Å². The molecule has 0 aromatic carbocycles. The molecule has 1 aliphatic carbocycles. The fourth-order valence-corrected chi connectivity index (χ4v) is 3.05. The summed E-state index contributed by atoms with van der Waals surface area (Å²) in [6.07, 6.45) is 5.87. The zero-order valence-electron chi connectivity index (χ0n) is 11.6. The maximum atomic E-state index is 12.7. The van der Waals surface area contributed by atoms with E-state index in [0.717, 1.165) is 32.1 Å². The largest absolute Gasteiger partial charge is 0.342 e. The lowest BCUT2D eigenvalue weighted by Gasteiger charge is -2.38. The predicted octanol–water partition coefficient (Wildman–Crippen LogP) is 1.45. The maximum absolute atomic E-state index is 12.7. The summed E-state index contributed by atoms with van der Waals surface area (Å²) in [5.74, 6) is 5.96. The first kappa shape index (κ1) is 13.9. The van der Waals surface area contributed by atoms with Crippen molar-refractivity contribution in [3.8, 4) is 11.8 Å². The van der Waals surface area contributed by atoms with Gasteiger partial charge >= 0.3 is 0 Å². The van der Waals surface area contributed by atoms with Crippen molar-refractivity contribution in [2.45, 2.75) is 57.4 Å². The van der Waals surface area contributed by atoms with Crippen LogP contribution in [0.15, 0.2) is 0 Å². The maximum Gasteiger partial charge on any atom is 0.248 e. The Hall–Kier alpha value is -1.50. The lowest BCUT2D eigenvalue weighted by Crippen LogP contribution is -2.58. The Balaban J connectivity index is 2.13. The molecule has 0 aromatic rings. The molecule has 1 spiro atoms. The Morgan fingerprint density at radius 1 is 1.26 bits per heavy atom. The summed E-state index contributed by atoms with van der Waals surface area (Å²) in [5.41, 5.74) is -0.620. The Kier molecular flexibility index (Phi) is 4.47. The van der Waals surface area contributed by atoms with Gasteiger partial charge in [0, 0.05) is 25.9 Å². The van der Waals surface area contributed by atoms with Gasteiger partial charge < -0.3 is 10.2 Å². The third-order valence-corrected chi connectivity index (χ3v) is 4.07. The van der Waals surface area contributed by atoms with Gasteiger partial charge in [0.15, 0.2) is 0 Å². The van der Waals surface area contributed by atoms with Crippen LogP contribution >= 0.6 is 0 Å². The molecule has 1 aliphatic heterocycles. The molecule has 2 fully saturated rings. The van der Waals surface area contributed by atoms with Crippen molar-refractivity contribution < 1.29 is 9.59 Å². The second kappa shape index (κ2) is 6.10. The van der Waals surface area contributed by atoms with Crippen LogP contribution in [0.4, 0.5) is 0 Å². The minimum atomic E-state index is -0.620. The zero-order valence-corrected chi connectivity index (χ0v) is 11.6. The van der Waals surface area contributed by atoms with Crippen LogP contribution in [-0.4, -0.2) is 35.3 Å². The molecular weight excluding hydrogens is 240 g/mol. The van der Waals surface area contributed by atoms with Gasteiger partial charge in [0.1, 0.15) is 5.54 Å². The number of carbonyl (C=O) groups is 2. The predicted molar refractivity (Wildman–Crippen MR) is 73.2 cm³/mol. The van der Waals surface area contributed by atoms with E-state index in [1.807, 2.05) is 4.90 Å². The van der Waals surface area contributed by atoms with Crippen molar-refractivity contribution in [2.75, 3.05) is 13.1 Å². The summed E-state index contributed by atoms with van der Waals surface area (Å²) in [4.78, 5) is 26.4. The number of rotatable bonds is 2. The van der Waals surface area contributed by atoms with Crippen molar-refractivity contribution in [3.05, 3.63) is 0 Å². The van der Waals surface area contributed by atoms with Crippen molar-refractivity contribution in [1.29, 1.82) is 0 Å². The molecule has 1 heterocycles. The number of hydrogen-bond donors (Lipinski definition) is 1. The minimum Gasteiger partial charge on any atom is -0.342 e. The number of carbonyl (C=O) groups excluding carboxylic acids is 2. The molecule has 0 atom stereocenters. The minimum absolute atomic E-state index is 0.0133. The van der Waals surface area contributed by atoms with Gasteiger partial charge in [-0.1, -0.05) is 19.3 Å². The van der Waals surface area contributed by atoms with Gasteiger partial charge in [-0.05, 0) is 19.8 Å². The summed E-state index contributed by atoms with van der Waals surface area (Å²) >= 11 is 0. The van der Waals surface area contributed by atoms with E-state index in [4.69, 9.17) is 0 Å². The molecule has 1 N–H and O–H groups in total. The third kappa shape index (κ3) is 3.09. The van der Waals surface area contributed by atoms with E-state index >= 15 is 0 Å². The molecule has 4 heteroatoms. The smallest absolute Gasteiger partial charge is 0.248 e. The monoisotopic (exact) mass is 262 g/mol. The summed E-state index contributed by atoms with van der Waals surface area (Å²) in [6, 6.07) is 0. The molecule has 0 bridgehead atoms. The van der Waals surface area contributed by atoms with Crippen molar-refractivity contribution in [3.63, 3.8) is 0 Å². The zero-order chi connectivity index (χ0) is 13.7. The molecular formula is C15H22N2O2. The van der Waals surface area contributed by atoms with Crippen LogP contribution in [-0.2, 0) is 9.59 Å². The summed E-state index contributed by atoms with van der Waals surface area (Å²) in [7, 11) is 0. The van der Waals surface area contributed by atoms with Gasteiger partial charge in [0.25, 0.3) is 0 Å². The first-order valence-electron chi connectivity index (χ1n) is 7.18. The average Bonchev–Trinajstić information content (AvgIpc) is 2.52. The highest BCUT2D eigenvalue weighted by atomic mass is 16.2. The lowest BCUT2D eigenvalue weighted by atomic mass is 9.80. The average molecular weight is 262 g/mol. The van der Waals surface area contributed by atoms with Gasteiger partial charge in [0.2, 0.25) is 11.8 Å². The lowest BCUT2D eigenvalue weighted by molar-refractivity contribution is -0.140. The highest BCUT2D eigenvalue weighted by Gasteiger charge is 2.44. The van der Waals surface area contributed by atoms with Gasteiger partial charge in [-0.2, -0.15) is 0 Å².